The molecule has 1 aromatic heterocycles. The molecule has 0 saturated carbocycles. The van der Waals surface area contributed by atoms with Gasteiger partial charge < -0.3 is 19.8 Å². The number of imidazole rings is 1. The molecule has 5 nitrogen and oxygen atoms in total. The van der Waals surface area contributed by atoms with E-state index in [1.54, 1.807) is 0 Å². The number of anilines is 1. The Balaban J connectivity index is 1.99. The zero-order chi connectivity index (χ0) is 14.1. The molecule has 0 radical (unpaired) electrons. The van der Waals surface area contributed by atoms with Gasteiger partial charge in [0.05, 0.1) is 43.5 Å². The number of aromatic nitrogens is 2. The van der Waals surface area contributed by atoms with E-state index in [9.17, 15) is 0 Å². The molecule has 1 atom stereocenters. The molecule has 1 saturated heterocycles. The molecule has 2 heterocycles. The minimum Gasteiger partial charge on any atom is -0.399 e. The number of benzene rings is 1. The van der Waals surface area contributed by atoms with E-state index in [0.717, 1.165) is 29.1 Å². The second-order valence-electron chi connectivity index (χ2n) is 5.55. The van der Waals surface area contributed by atoms with Gasteiger partial charge in [0, 0.05) is 11.6 Å². The molecular formula is C15H21N3O2. The van der Waals surface area contributed by atoms with Gasteiger partial charge in [-0.3, -0.25) is 0 Å². The SMILES string of the molecule is CC(C)c1nc2cc(N)ccc2n1CC1COCCO1. The third-order valence-electron chi connectivity index (χ3n) is 3.59. The van der Waals surface area contributed by atoms with Crippen LogP contribution in [-0.2, 0) is 16.0 Å². The zero-order valence-electron chi connectivity index (χ0n) is 12.0. The minimum atomic E-state index is 0.0937. The lowest BCUT2D eigenvalue weighted by molar-refractivity contribution is -0.0934. The topological polar surface area (TPSA) is 62.3 Å². The maximum absolute atomic E-state index is 5.85. The van der Waals surface area contributed by atoms with Crippen LogP contribution in [0.3, 0.4) is 0 Å². The summed E-state index contributed by atoms with van der Waals surface area (Å²) in [5.41, 5.74) is 8.65. The average molecular weight is 275 g/mol. The molecule has 5 heteroatoms. The van der Waals surface area contributed by atoms with Gasteiger partial charge in [0.2, 0.25) is 0 Å². The maximum atomic E-state index is 5.85. The van der Waals surface area contributed by atoms with E-state index in [1.807, 2.05) is 18.2 Å². The maximum Gasteiger partial charge on any atom is 0.112 e. The van der Waals surface area contributed by atoms with Crippen molar-refractivity contribution >= 4 is 16.7 Å². The van der Waals surface area contributed by atoms with Gasteiger partial charge in [-0.25, -0.2) is 4.98 Å². The Hall–Kier alpha value is -1.59. The van der Waals surface area contributed by atoms with Crippen molar-refractivity contribution in [3.8, 4) is 0 Å². The molecule has 2 aromatic rings. The first-order chi connectivity index (χ1) is 9.65. The molecule has 1 aliphatic rings. The second-order valence-corrected chi connectivity index (χ2v) is 5.55. The summed E-state index contributed by atoms with van der Waals surface area (Å²) in [6, 6.07) is 5.88. The summed E-state index contributed by atoms with van der Waals surface area (Å²) in [6.45, 7) is 7.08. The molecule has 1 aromatic carbocycles. The van der Waals surface area contributed by atoms with Crippen LogP contribution >= 0.6 is 0 Å². The Morgan fingerprint density at radius 3 is 2.95 bits per heavy atom. The Kier molecular flexibility index (Phi) is 3.63. The number of nitrogen functional groups attached to an aromatic ring is 1. The third kappa shape index (κ3) is 2.51. The molecule has 1 aliphatic heterocycles. The number of nitrogens with two attached hydrogens (primary N) is 1. The fourth-order valence-electron chi connectivity index (χ4n) is 2.64. The van der Waals surface area contributed by atoms with Gasteiger partial charge in [-0.2, -0.15) is 0 Å². The van der Waals surface area contributed by atoms with E-state index >= 15 is 0 Å². The highest BCUT2D eigenvalue weighted by atomic mass is 16.6. The summed E-state index contributed by atoms with van der Waals surface area (Å²) < 4.78 is 13.5. The summed E-state index contributed by atoms with van der Waals surface area (Å²) in [5, 5.41) is 0. The summed E-state index contributed by atoms with van der Waals surface area (Å²) in [7, 11) is 0. The molecule has 20 heavy (non-hydrogen) atoms. The van der Waals surface area contributed by atoms with E-state index in [-0.39, 0.29) is 6.10 Å². The van der Waals surface area contributed by atoms with Crippen molar-refractivity contribution in [2.24, 2.45) is 0 Å². The largest absolute Gasteiger partial charge is 0.399 e. The fraction of sp³-hybridized carbons (Fsp3) is 0.533. The first-order valence-electron chi connectivity index (χ1n) is 7.10. The Bertz CT molecular complexity index is 600. The van der Waals surface area contributed by atoms with E-state index < -0.39 is 0 Å². The highest BCUT2D eigenvalue weighted by Gasteiger charge is 2.20. The molecule has 108 valence electrons. The van der Waals surface area contributed by atoms with Crippen molar-refractivity contribution in [2.75, 3.05) is 25.6 Å². The molecule has 2 N–H and O–H groups in total. The van der Waals surface area contributed by atoms with Crippen LogP contribution in [0, 0.1) is 0 Å². The lowest BCUT2D eigenvalue weighted by Crippen LogP contribution is -2.32. The molecule has 1 unspecified atom stereocenters. The Labute approximate surface area is 118 Å². The fourth-order valence-corrected chi connectivity index (χ4v) is 2.64. The minimum absolute atomic E-state index is 0.0937. The summed E-state index contributed by atoms with van der Waals surface area (Å²) >= 11 is 0. The van der Waals surface area contributed by atoms with Gasteiger partial charge in [-0.15, -0.1) is 0 Å². The first-order valence-corrected chi connectivity index (χ1v) is 7.10. The molecule has 1 fully saturated rings. The monoisotopic (exact) mass is 275 g/mol. The first kappa shape index (κ1) is 13.4. The van der Waals surface area contributed by atoms with Crippen molar-refractivity contribution in [3.63, 3.8) is 0 Å². The van der Waals surface area contributed by atoms with Crippen molar-refractivity contribution < 1.29 is 9.47 Å². The second kappa shape index (κ2) is 5.42. The highest BCUT2D eigenvalue weighted by Crippen LogP contribution is 2.24. The predicted molar refractivity (Wildman–Crippen MR) is 78.8 cm³/mol. The van der Waals surface area contributed by atoms with E-state index in [2.05, 4.69) is 18.4 Å². The van der Waals surface area contributed by atoms with Crippen LogP contribution in [0.2, 0.25) is 0 Å². The molecule has 3 rings (SSSR count). The number of rotatable bonds is 3. The van der Waals surface area contributed by atoms with Gasteiger partial charge in [0.15, 0.2) is 0 Å². The standard InChI is InChI=1S/C15H21N3O2/c1-10(2)15-17-13-7-11(16)3-4-14(13)18(15)8-12-9-19-5-6-20-12/h3-4,7,10,12H,5-6,8-9,16H2,1-2H3. The van der Waals surface area contributed by atoms with Crippen molar-refractivity contribution in [3.05, 3.63) is 24.0 Å². The van der Waals surface area contributed by atoms with Crippen LogP contribution in [0.4, 0.5) is 5.69 Å². The summed E-state index contributed by atoms with van der Waals surface area (Å²) in [4.78, 5) is 4.73. The number of hydrogen-bond acceptors (Lipinski definition) is 4. The van der Waals surface area contributed by atoms with Crippen LogP contribution in [0.25, 0.3) is 11.0 Å². The average Bonchev–Trinajstić information content (AvgIpc) is 2.78. The van der Waals surface area contributed by atoms with Crippen LogP contribution in [0.1, 0.15) is 25.6 Å². The van der Waals surface area contributed by atoms with Crippen LogP contribution in [0.15, 0.2) is 18.2 Å². The Morgan fingerprint density at radius 1 is 1.40 bits per heavy atom. The van der Waals surface area contributed by atoms with Crippen LogP contribution < -0.4 is 5.73 Å². The lowest BCUT2D eigenvalue weighted by atomic mass is 10.2. The van der Waals surface area contributed by atoms with Crippen molar-refractivity contribution in [1.29, 1.82) is 0 Å². The summed E-state index contributed by atoms with van der Waals surface area (Å²) in [5.74, 6) is 1.42. The van der Waals surface area contributed by atoms with Crippen LogP contribution in [-0.4, -0.2) is 35.5 Å². The van der Waals surface area contributed by atoms with E-state index in [0.29, 0.717) is 25.7 Å². The zero-order valence-corrected chi connectivity index (χ0v) is 12.0. The normalized spacial score (nSPS) is 19.9. The van der Waals surface area contributed by atoms with Crippen LogP contribution in [0.5, 0.6) is 0 Å². The van der Waals surface area contributed by atoms with Gasteiger partial charge in [0.1, 0.15) is 5.82 Å². The lowest BCUT2D eigenvalue weighted by Gasteiger charge is -2.24. The smallest absolute Gasteiger partial charge is 0.112 e. The number of hydrogen-bond donors (Lipinski definition) is 1. The van der Waals surface area contributed by atoms with E-state index in [1.165, 1.54) is 0 Å². The number of ether oxygens (including phenoxy) is 2. The Morgan fingerprint density at radius 2 is 2.25 bits per heavy atom. The van der Waals surface area contributed by atoms with Gasteiger partial charge >= 0.3 is 0 Å². The van der Waals surface area contributed by atoms with Crippen molar-refractivity contribution in [1.82, 2.24) is 9.55 Å². The molecular weight excluding hydrogens is 254 g/mol. The van der Waals surface area contributed by atoms with Gasteiger partial charge in [-0.1, -0.05) is 13.8 Å². The predicted octanol–water partition coefficient (Wildman–Crippen LogP) is 2.16. The molecule has 0 spiro atoms. The quantitative estimate of drug-likeness (QED) is 0.872. The van der Waals surface area contributed by atoms with E-state index in [4.69, 9.17) is 20.2 Å². The third-order valence-corrected chi connectivity index (χ3v) is 3.59. The van der Waals surface area contributed by atoms with Crippen molar-refractivity contribution in [2.45, 2.75) is 32.4 Å². The van der Waals surface area contributed by atoms with Gasteiger partial charge in [-0.05, 0) is 18.2 Å². The molecule has 0 amide bonds. The molecule has 0 bridgehead atoms. The summed E-state index contributed by atoms with van der Waals surface area (Å²) in [6.07, 6.45) is 0.0937. The van der Waals surface area contributed by atoms with Gasteiger partial charge in [0.25, 0.3) is 0 Å². The number of nitrogens with zero attached hydrogens (tertiary/aromatic N) is 2. The number of fused-ring (bicyclic) bond motifs is 1. The highest BCUT2D eigenvalue weighted by molar-refractivity contribution is 5.79. The molecule has 0 aliphatic carbocycles.